The van der Waals surface area contributed by atoms with Gasteiger partial charge in [0, 0.05) is 17.6 Å². The second kappa shape index (κ2) is 8.12. The highest BCUT2D eigenvalue weighted by Gasteiger charge is 2.31. The van der Waals surface area contributed by atoms with E-state index in [-0.39, 0.29) is 4.90 Å². The van der Waals surface area contributed by atoms with Crippen molar-refractivity contribution in [3.63, 3.8) is 0 Å². The summed E-state index contributed by atoms with van der Waals surface area (Å²) >= 11 is 3.32. The molecule has 0 radical (unpaired) electrons. The largest absolute Gasteiger partial charge is 0.423 e. The fourth-order valence-electron chi connectivity index (χ4n) is 3.38. The van der Waals surface area contributed by atoms with E-state index in [9.17, 15) is 13.2 Å². The monoisotopic (exact) mass is 451 g/mol. The van der Waals surface area contributed by atoms with Crippen LogP contribution in [0.2, 0.25) is 0 Å². The summed E-state index contributed by atoms with van der Waals surface area (Å²) in [4.78, 5) is 12.5. The molecule has 0 unspecified atom stereocenters. The first-order valence-corrected chi connectivity index (χ1v) is 11.1. The molecule has 2 aromatic carbocycles. The van der Waals surface area contributed by atoms with Crippen LogP contribution in [0, 0.1) is 11.8 Å². The Balaban J connectivity index is 1.74. The van der Waals surface area contributed by atoms with Gasteiger partial charge in [0.25, 0.3) is 0 Å². The van der Waals surface area contributed by atoms with Crippen LogP contribution in [-0.4, -0.2) is 31.8 Å². The number of nitrogens with zero attached hydrogens (tertiary/aromatic N) is 1. The summed E-state index contributed by atoms with van der Waals surface area (Å²) in [5.74, 6) is 0.574. The highest BCUT2D eigenvalue weighted by atomic mass is 79.9. The predicted molar refractivity (Wildman–Crippen MR) is 107 cm³/mol. The van der Waals surface area contributed by atoms with E-state index >= 15 is 0 Å². The van der Waals surface area contributed by atoms with Gasteiger partial charge in [0.2, 0.25) is 10.0 Å². The molecule has 1 saturated heterocycles. The van der Waals surface area contributed by atoms with Crippen LogP contribution in [0.3, 0.4) is 0 Å². The van der Waals surface area contributed by atoms with Crippen LogP contribution in [0.5, 0.6) is 5.75 Å². The lowest BCUT2D eigenvalue weighted by Crippen LogP contribution is -2.42. The number of halogens is 1. The Morgan fingerprint density at radius 2 is 1.56 bits per heavy atom. The van der Waals surface area contributed by atoms with E-state index in [4.69, 9.17) is 4.74 Å². The molecule has 0 aromatic heterocycles. The van der Waals surface area contributed by atoms with Crippen molar-refractivity contribution in [1.82, 2.24) is 4.31 Å². The number of hydrogen-bond acceptors (Lipinski definition) is 4. The summed E-state index contributed by atoms with van der Waals surface area (Å²) in [6, 6.07) is 12.8. The summed E-state index contributed by atoms with van der Waals surface area (Å²) in [5, 5.41) is 0. The molecule has 0 saturated carbocycles. The minimum Gasteiger partial charge on any atom is -0.423 e. The Labute approximate surface area is 168 Å². The second-order valence-electron chi connectivity index (χ2n) is 7.14. The maximum Gasteiger partial charge on any atom is 0.343 e. The van der Waals surface area contributed by atoms with Crippen LogP contribution in [0.15, 0.2) is 57.9 Å². The molecule has 0 amide bonds. The normalized spacial score (nSPS) is 21.0. The van der Waals surface area contributed by atoms with Crippen LogP contribution in [0.1, 0.15) is 30.6 Å². The average molecular weight is 452 g/mol. The SMILES string of the molecule is C[C@H]1C[C@H](C)CN(S(=O)(=O)c2ccc(C(=O)Oc3ccc(Br)cc3)cc2)C1. The van der Waals surface area contributed by atoms with E-state index in [0.717, 1.165) is 10.9 Å². The molecular weight excluding hydrogens is 430 g/mol. The lowest BCUT2D eigenvalue weighted by Gasteiger charge is -2.34. The zero-order valence-electron chi connectivity index (χ0n) is 15.3. The molecule has 1 fully saturated rings. The van der Waals surface area contributed by atoms with Gasteiger partial charge in [-0.2, -0.15) is 4.31 Å². The molecule has 0 aliphatic carbocycles. The second-order valence-corrected chi connectivity index (χ2v) is 9.99. The summed E-state index contributed by atoms with van der Waals surface area (Å²) in [6.45, 7) is 5.19. The standard InChI is InChI=1S/C20H22BrNO4S/c1-14-11-15(2)13-22(12-14)27(24,25)19-9-3-16(4-10-19)20(23)26-18-7-5-17(21)6-8-18/h3-10,14-15H,11-13H2,1-2H3/t14-,15-/m0/s1. The van der Waals surface area contributed by atoms with Crippen molar-refractivity contribution in [3.05, 3.63) is 58.6 Å². The van der Waals surface area contributed by atoms with E-state index in [1.54, 1.807) is 28.6 Å². The van der Waals surface area contributed by atoms with Crippen molar-refractivity contribution in [3.8, 4) is 5.75 Å². The molecule has 144 valence electrons. The van der Waals surface area contributed by atoms with E-state index in [0.29, 0.717) is 36.2 Å². The van der Waals surface area contributed by atoms with Gasteiger partial charge >= 0.3 is 5.97 Å². The molecular formula is C20H22BrNO4S. The maximum absolute atomic E-state index is 12.9. The molecule has 1 aliphatic rings. The van der Waals surface area contributed by atoms with E-state index in [2.05, 4.69) is 29.8 Å². The highest BCUT2D eigenvalue weighted by Crippen LogP contribution is 2.27. The first-order chi connectivity index (χ1) is 12.8. The molecule has 2 aromatic rings. The number of rotatable bonds is 4. The number of esters is 1. The molecule has 2 atom stereocenters. The van der Waals surface area contributed by atoms with Gasteiger partial charge in [-0.3, -0.25) is 0 Å². The molecule has 0 N–H and O–H groups in total. The number of sulfonamides is 1. The van der Waals surface area contributed by atoms with Crippen LogP contribution < -0.4 is 4.74 Å². The number of hydrogen-bond donors (Lipinski definition) is 0. The zero-order valence-corrected chi connectivity index (χ0v) is 17.7. The highest BCUT2D eigenvalue weighted by molar-refractivity contribution is 9.10. The van der Waals surface area contributed by atoms with Gasteiger partial charge in [-0.25, -0.2) is 13.2 Å². The average Bonchev–Trinajstić information content (AvgIpc) is 2.63. The lowest BCUT2D eigenvalue weighted by molar-refractivity contribution is 0.0734. The Kier molecular flexibility index (Phi) is 6.03. The number of ether oxygens (including phenoxy) is 1. The van der Waals surface area contributed by atoms with Crippen LogP contribution in [0.4, 0.5) is 0 Å². The summed E-state index contributed by atoms with van der Waals surface area (Å²) in [5.41, 5.74) is 0.303. The first kappa shape index (κ1) is 20.0. The van der Waals surface area contributed by atoms with Crippen molar-refractivity contribution in [2.45, 2.75) is 25.2 Å². The van der Waals surface area contributed by atoms with Gasteiger partial charge in [0.05, 0.1) is 10.5 Å². The Morgan fingerprint density at radius 3 is 2.11 bits per heavy atom. The first-order valence-electron chi connectivity index (χ1n) is 8.83. The summed E-state index contributed by atoms with van der Waals surface area (Å²) in [7, 11) is -3.56. The fourth-order valence-corrected chi connectivity index (χ4v) is 5.33. The molecule has 7 heteroatoms. The number of carbonyl (C=O) groups is 1. The van der Waals surface area contributed by atoms with Gasteiger partial charge in [-0.1, -0.05) is 29.8 Å². The minimum atomic E-state index is -3.56. The van der Waals surface area contributed by atoms with Gasteiger partial charge in [0.1, 0.15) is 5.75 Å². The molecule has 5 nitrogen and oxygen atoms in total. The van der Waals surface area contributed by atoms with Crippen LogP contribution in [0.25, 0.3) is 0 Å². The molecule has 0 spiro atoms. The molecule has 27 heavy (non-hydrogen) atoms. The third-order valence-electron chi connectivity index (χ3n) is 4.59. The number of piperidine rings is 1. The van der Waals surface area contributed by atoms with Crippen molar-refractivity contribution < 1.29 is 17.9 Å². The Hall–Kier alpha value is -1.70. The van der Waals surface area contributed by atoms with Crippen molar-refractivity contribution in [2.75, 3.05) is 13.1 Å². The number of carbonyl (C=O) groups excluding carboxylic acids is 1. The Morgan fingerprint density at radius 1 is 1.00 bits per heavy atom. The quantitative estimate of drug-likeness (QED) is 0.512. The topological polar surface area (TPSA) is 63.7 Å². The van der Waals surface area contributed by atoms with E-state index in [1.165, 1.54) is 24.3 Å². The van der Waals surface area contributed by atoms with Gasteiger partial charge < -0.3 is 4.74 Å². The predicted octanol–water partition coefficient (Wildman–Crippen LogP) is 4.33. The molecule has 0 bridgehead atoms. The van der Waals surface area contributed by atoms with Crippen molar-refractivity contribution in [2.24, 2.45) is 11.8 Å². The van der Waals surface area contributed by atoms with Gasteiger partial charge in [-0.05, 0) is 66.8 Å². The molecule has 3 rings (SSSR count). The summed E-state index contributed by atoms with van der Waals surface area (Å²) in [6.07, 6.45) is 1.03. The van der Waals surface area contributed by atoms with Crippen LogP contribution >= 0.6 is 15.9 Å². The Bertz CT molecular complexity index is 900. The maximum atomic E-state index is 12.9. The third-order valence-corrected chi connectivity index (χ3v) is 6.96. The van der Waals surface area contributed by atoms with E-state index < -0.39 is 16.0 Å². The lowest BCUT2D eigenvalue weighted by atomic mass is 9.94. The van der Waals surface area contributed by atoms with Crippen molar-refractivity contribution >= 4 is 31.9 Å². The van der Waals surface area contributed by atoms with E-state index in [1.807, 2.05) is 0 Å². The minimum absolute atomic E-state index is 0.198. The smallest absolute Gasteiger partial charge is 0.343 e. The molecule has 1 heterocycles. The zero-order chi connectivity index (χ0) is 19.6. The van der Waals surface area contributed by atoms with Gasteiger partial charge in [-0.15, -0.1) is 0 Å². The van der Waals surface area contributed by atoms with Crippen LogP contribution in [-0.2, 0) is 10.0 Å². The third kappa shape index (κ3) is 4.78. The number of benzene rings is 2. The fraction of sp³-hybridized carbons (Fsp3) is 0.350. The van der Waals surface area contributed by atoms with Crippen molar-refractivity contribution in [1.29, 1.82) is 0 Å². The molecule has 1 aliphatic heterocycles. The summed E-state index contributed by atoms with van der Waals surface area (Å²) < 4.78 is 33.5. The van der Waals surface area contributed by atoms with Gasteiger partial charge in [0.15, 0.2) is 0 Å².